The first kappa shape index (κ1) is 11.7. The third kappa shape index (κ3) is 5.35. The minimum atomic E-state index is -1.22. The average Bonchev–Trinajstić information content (AvgIpc) is 1.97. The molecule has 0 aromatic carbocycles. The molecular weight excluding hydrogens is 168 g/mol. The number of hydrogen-bond acceptors (Lipinski definition) is 2. The number of ether oxygens (including phenoxy) is 1. The highest BCUT2D eigenvalue weighted by atomic mass is 28.3. The van der Waals surface area contributed by atoms with E-state index < -0.39 is 8.07 Å². The fraction of sp³-hybridized carbons (Fsp3) is 0.889. The Labute approximate surface area is 76.3 Å². The zero-order valence-electron chi connectivity index (χ0n) is 8.81. The highest BCUT2D eigenvalue weighted by Gasteiger charge is 2.18. The van der Waals surface area contributed by atoms with E-state index in [-0.39, 0.29) is 11.9 Å². The van der Waals surface area contributed by atoms with Crippen LogP contribution in [0.4, 0.5) is 0 Å². The van der Waals surface area contributed by atoms with Gasteiger partial charge in [-0.05, 0) is 6.42 Å². The molecule has 72 valence electrons. The first-order chi connectivity index (χ1) is 5.37. The third-order valence-electron chi connectivity index (χ3n) is 1.66. The Balaban J connectivity index is 3.72. The second-order valence-electron chi connectivity index (χ2n) is 4.48. The van der Waals surface area contributed by atoms with Crippen molar-refractivity contribution in [2.24, 2.45) is 5.92 Å². The molecule has 0 aliphatic carbocycles. The molecular formula is C9H20O2Si. The molecule has 2 nitrogen and oxygen atoms in total. The molecule has 1 atom stereocenters. The van der Waals surface area contributed by atoms with Gasteiger partial charge in [-0.3, -0.25) is 4.79 Å². The lowest BCUT2D eigenvalue weighted by atomic mass is 10.1. The van der Waals surface area contributed by atoms with Crippen LogP contribution in [0.5, 0.6) is 0 Å². The summed E-state index contributed by atoms with van der Waals surface area (Å²) in [6.45, 7) is 10.5. The molecule has 0 saturated heterocycles. The Kier molecular flexibility index (Phi) is 4.53. The van der Waals surface area contributed by atoms with Gasteiger partial charge in [0.2, 0.25) is 0 Å². The summed E-state index contributed by atoms with van der Waals surface area (Å²) in [7, 11) is -1.22. The smallest absolute Gasteiger partial charge is 0.308 e. The van der Waals surface area contributed by atoms with E-state index in [1.54, 1.807) is 0 Å². The van der Waals surface area contributed by atoms with Crippen LogP contribution in [0.25, 0.3) is 0 Å². The summed E-state index contributed by atoms with van der Waals surface area (Å²) in [4.78, 5) is 11.2. The quantitative estimate of drug-likeness (QED) is 0.500. The third-order valence-corrected chi connectivity index (χ3v) is 2.67. The van der Waals surface area contributed by atoms with Gasteiger partial charge in [-0.15, -0.1) is 0 Å². The number of esters is 1. The van der Waals surface area contributed by atoms with Crippen molar-refractivity contribution < 1.29 is 9.53 Å². The maximum absolute atomic E-state index is 11.2. The highest BCUT2D eigenvalue weighted by molar-refractivity contribution is 6.76. The molecule has 1 unspecified atom stereocenters. The lowest BCUT2D eigenvalue weighted by Crippen LogP contribution is -2.31. The molecule has 0 rings (SSSR count). The van der Waals surface area contributed by atoms with Gasteiger partial charge in [0.05, 0.1) is 20.2 Å². The molecule has 0 aromatic rings. The van der Waals surface area contributed by atoms with E-state index in [9.17, 15) is 4.79 Å². The van der Waals surface area contributed by atoms with Crippen molar-refractivity contribution in [3.63, 3.8) is 0 Å². The first-order valence-corrected chi connectivity index (χ1v) is 8.24. The predicted molar refractivity (Wildman–Crippen MR) is 53.8 cm³/mol. The Morgan fingerprint density at radius 1 is 1.42 bits per heavy atom. The molecule has 0 aliphatic rings. The van der Waals surface area contributed by atoms with Crippen LogP contribution in [-0.4, -0.2) is 20.3 Å². The Bertz CT molecular complexity index is 149. The van der Waals surface area contributed by atoms with Crippen LogP contribution in [0.1, 0.15) is 20.3 Å². The second-order valence-corrected chi connectivity index (χ2v) is 9.89. The normalized spacial score (nSPS) is 14.1. The summed E-state index contributed by atoms with van der Waals surface area (Å²) in [6, 6.07) is 0. The van der Waals surface area contributed by atoms with Gasteiger partial charge in [0, 0.05) is 0 Å². The van der Waals surface area contributed by atoms with Crippen molar-refractivity contribution in [2.45, 2.75) is 39.9 Å². The van der Waals surface area contributed by atoms with Gasteiger partial charge in [-0.1, -0.05) is 33.5 Å². The van der Waals surface area contributed by atoms with Gasteiger partial charge < -0.3 is 4.74 Å². The van der Waals surface area contributed by atoms with Crippen LogP contribution >= 0.6 is 0 Å². The standard InChI is InChI=1S/C9H20O2Si/c1-6-8(2)9(10)11-7-12(3,4)5/h8H,6-7H2,1-5H3. The maximum Gasteiger partial charge on any atom is 0.308 e. The van der Waals surface area contributed by atoms with E-state index in [0.717, 1.165) is 6.42 Å². The molecule has 0 aliphatic heterocycles. The van der Waals surface area contributed by atoms with E-state index in [1.807, 2.05) is 13.8 Å². The summed E-state index contributed by atoms with van der Waals surface area (Å²) < 4.78 is 5.18. The van der Waals surface area contributed by atoms with Gasteiger partial charge in [-0.25, -0.2) is 0 Å². The summed E-state index contributed by atoms with van der Waals surface area (Å²) in [5, 5.41) is 0. The van der Waals surface area contributed by atoms with E-state index in [2.05, 4.69) is 19.6 Å². The Hall–Kier alpha value is -0.313. The van der Waals surface area contributed by atoms with Gasteiger partial charge in [0.25, 0.3) is 0 Å². The van der Waals surface area contributed by atoms with Gasteiger partial charge in [0.15, 0.2) is 0 Å². The summed E-state index contributed by atoms with van der Waals surface area (Å²) in [6.07, 6.45) is 1.51. The number of carbonyl (C=O) groups excluding carboxylic acids is 1. The molecule has 0 heterocycles. The molecule has 0 spiro atoms. The number of rotatable bonds is 4. The largest absolute Gasteiger partial charge is 0.469 e. The number of carbonyl (C=O) groups is 1. The molecule has 0 saturated carbocycles. The Morgan fingerprint density at radius 2 is 1.92 bits per heavy atom. The fourth-order valence-electron chi connectivity index (χ4n) is 0.597. The van der Waals surface area contributed by atoms with E-state index in [4.69, 9.17) is 4.74 Å². The minimum Gasteiger partial charge on any atom is -0.469 e. The van der Waals surface area contributed by atoms with E-state index >= 15 is 0 Å². The van der Waals surface area contributed by atoms with Crippen LogP contribution in [0.2, 0.25) is 19.6 Å². The van der Waals surface area contributed by atoms with Gasteiger partial charge in [-0.2, -0.15) is 0 Å². The van der Waals surface area contributed by atoms with Crippen molar-refractivity contribution in [3.8, 4) is 0 Å². The van der Waals surface area contributed by atoms with Crippen LogP contribution in [0.3, 0.4) is 0 Å². The molecule has 12 heavy (non-hydrogen) atoms. The molecule has 0 amide bonds. The molecule has 0 bridgehead atoms. The maximum atomic E-state index is 11.2. The molecule has 0 N–H and O–H groups in total. The zero-order chi connectivity index (χ0) is 9.78. The first-order valence-electron chi connectivity index (χ1n) is 4.53. The van der Waals surface area contributed by atoms with E-state index in [0.29, 0.717) is 6.23 Å². The monoisotopic (exact) mass is 188 g/mol. The number of hydrogen-bond donors (Lipinski definition) is 0. The van der Waals surface area contributed by atoms with Gasteiger partial charge in [0.1, 0.15) is 0 Å². The molecule has 0 aromatic heterocycles. The SMILES string of the molecule is CCC(C)C(=O)OC[Si](C)(C)C. The zero-order valence-corrected chi connectivity index (χ0v) is 9.81. The van der Waals surface area contributed by atoms with Crippen molar-refractivity contribution in [2.75, 3.05) is 6.23 Å². The van der Waals surface area contributed by atoms with Crippen molar-refractivity contribution in [3.05, 3.63) is 0 Å². The van der Waals surface area contributed by atoms with Crippen LogP contribution in [-0.2, 0) is 9.53 Å². The lowest BCUT2D eigenvalue weighted by Gasteiger charge is -2.17. The van der Waals surface area contributed by atoms with Gasteiger partial charge >= 0.3 is 5.97 Å². The Morgan fingerprint density at radius 3 is 2.25 bits per heavy atom. The van der Waals surface area contributed by atoms with Crippen LogP contribution in [0, 0.1) is 5.92 Å². The fourth-order valence-corrected chi connectivity index (χ4v) is 1.17. The van der Waals surface area contributed by atoms with Crippen molar-refractivity contribution >= 4 is 14.0 Å². The highest BCUT2D eigenvalue weighted by Crippen LogP contribution is 2.06. The predicted octanol–water partition coefficient (Wildman–Crippen LogP) is 2.45. The lowest BCUT2D eigenvalue weighted by molar-refractivity contribution is -0.146. The summed E-state index contributed by atoms with van der Waals surface area (Å²) in [5.74, 6) is 0.0151. The molecule has 0 radical (unpaired) electrons. The average molecular weight is 188 g/mol. The minimum absolute atomic E-state index is 0.0417. The van der Waals surface area contributed by atoms with Crippen LogP contribution in [0.15, 0.2) is 0 Å². The van der Waals surface area contributed by atoms with Crippen LogP contribution < -0.4 is 0 Å². The summed E-state index contributed by atoms with van der Waals surface area (Å²) >= 11 is 0. The summed E-state index contributed by atoms with van der Waals surface area (Å²) in [5.41, 5.74) is 0. The van der Waals surface area contributed by atoms with Crippen molar-refractivity contribution in [1.29, 1.82) is 0 Å². The van der Waals surface area contributed by atoms with E-state index in [1.165, 1.54) is 0 Å². The topological polar surface area (TPSA) is 26.3 Å². The van der Waals surface area contributed by atoms with Crippen molar-refractivity contribution in [1.82, 2.24) is 0 Å². The second kappa shape index (κ2) is 4.65. The molecule has 3 heteroatoms. The molecule has 0 fully saturated rings.